The number of halogens is 1. The summed E-state index contributed by atoms with van der Waals surface area (Å²) in [7, 11) is -1.28. The van der Waals surface area contributed by atoms with E-state index in [0.717, 1.165) is 18.4 Å². The summed E-state index contributed by atoms with van der Waals surface area (Å²) in [6.45, 7) is 0.509. The van der Waals surface area contributed by atoms with Crippen LogP contribution in [0.15, 0.2) is 18.2 Å². The molecule has 0 amide bonds. The number of para-hydroxylation sites is 1. The second-order valence-electron chi connectivity index (χ2n) is 5.62. The van der Waals surface area contributed by atoms with Gasteiger partial charge in [-0.3, -0.25) is 0 Å². The van der Waals surface area contributed by atoms with Crippen LogP contribution in [0, 0.1) is 5.82 Å². The Morgan fingerprint density at radius 1 is 1.38 bits per heavy atom. The Morgan fingerprint density at radius 3 is 2.81 bits per heavy atom. The molecule has 1 aliphatic rings. The number of hydrogen-bond acceptors (Lipinski definition) is 4. The van der Waals surface area contributed by atoms with Crippen molar-refractivity contribution in [3.05, 3.63) is 29.6 Å². The number of rotatable bonds is 5. The zero-order valence-corrected chi connectivity index (χ0v) is 13.2. The lowest BCUT2D eigenvalue weighted by molar-refractivity contribution is 0.148. The van der Waals surface area contributed by atoms with Crippen molar-refractivity contribution in [3.8, 4) is 5.75 Å². The maximum Gasteiger partial charge on any atom is 0.165 e. The Hall–Kier alpha value is -1.14. The normalized spacial score (nSPS) is 23.0. The number of sulfone groups is 1. The first-order chi connectivity index (χ1) is 9.91. The molecule has 0 saturated heterocycles. The van der Waals surface area contributed by atoms with Crippen LogP contribution in [0.1, 0.15) is 31.2 Å². The monoisotopic (exact) mass is 315 g/mol. The molecule has 6 heteroatoms. The fourth-order valence-electron chi connectivity index (χ4n) is 2.78. The predicted octanol–water partition coefficient (Wildman–Crippen LogP) is 2.28. The first-order valence-electron chi connectivity index (χ1n) is 7.19. The minimum atomic E-state index is -3.07. The number of nitrogens with one attached hydrogen (secondary N) is 1. The summed E-state index contributed by atoms with van der Waals surface area (Å²) in [6, 6.07) is 4.83. The Kier molecular flexibility index (Phi) is 5.22. The number of ether oxygens (including phenoxy) is 1. The van der Waals surface area contributed by atoms with Gasteiger partial charge in [-0.1, -0.05) is 12.1 Å². The molecule has 0 heterocycles. The highest BCUT2D eigenvalue weighted by atomic mass is 32.2. The van der Waals surface area contributed by atoms with Gasteiger partial charge in [-0.25, -0.2) is 12.8 Å². The Bertz CT molecular complexity index is 589. The predicted molar refractivity (Wildman–Crippen MR) is 80.7 cm³/mol. The van der Waals surface area contributed by atoms with Gasteiger partial charge in [-0.15, -0.1) is 0 Å². The molecule has 1 aliphatic carbocycles. The molecule has 1 saturated carbocycles. The summed E-state index contributed by atoms with van der Waals surface area (Å²) in [5, 5.41) is 2.60. The molecule has 0 spiro atoms. The van der Waals surface area contributed by atoms with Crippen LogP contribution in [0.3, 0.4) is 0 Å². The van der Waals surface area contributed by atoms with E-state index in [1.807, 2.05) is 6.07 Å². The summed E-state index contributed by atoms with van der Waals surface area (Å²) in [5.74, 6) is -0.157. The first kappa shape index (κ1) is 16.2. The van der Waals surface area contributed by atoms with Crippen molar-refractivity contribution in [1.29, 1.82) is 0 Å². The van der Waals surface area contributed by atoms with Gasteiger partial charge in [0, 0.05) is 24.8 Å². The fourth-order valence-corrected chi connectivity index (χ4v) is 3.94. The van der Waals surface area contributed by atoms with Crippen molar-refractivity contribution in [2.24, 2.45) is 0 Å². The third-order valence-electron chi connectivity index (χ3n) is 3.88. The molecule has 4 nitrogen and oxygen atoms in total. The van der Waals surface area contributed by atoms with Crippen LogP contribution in [0.25, 0.3) is 0 Å². The topological polar surface area (TPSA) is 55.4 Å². The van der Waals surface area contributed by atoms with Crippen LogP contribution < -0.4 is 10.1 Å². The Balaban J connectivity index is 2.14. The molecule has 0 bridgehead atoms. The maximum atomic E-state index is 14.0. The minimum Gasteiger partial charge on any atom is -0.487 e. The van der Waals surface area contributed by atoms with E-state index in [9.17, 15) is 12.8 Å². The standard InChI is InChI=1S/C15H22FNO3S/c1-17-10-11-5-3-8-14(16)15(11)20-12-6-4-7-13(9-12)21(2,18)19/h3,5,8,12-13,17H,4,6-7,9-10H2,1-2H3. The van der Waals surface area contributed by atoms with Crippen LogP contribution in [0.2, 0.25) is 0 Å². The zero-order valence-electron chi connectivity index (χ0n) is 12.4. The van der Waals surface area contributed by atoms with Gasteiger partial charge in [0.1, 0.15) is 15.9 Å². The smallest absolute Gasteiger partial charge is 0.165 e. The van der Waals surface area contributed by atoms with Gasteiger partial charge in [-0.2, -0.15) is 0 Å². The molecule has 21 heavy (non-hydrogen) atoms. The van der Waals surface area contributed by atoms with E-state index in [-0.39, 0.29) is 17.1 Å². The van der Waals surface area contributed by atoms with Crippen molar-refractivity contribution < 1.29 is 17.5 Å². The van der Waals surface area contributed by atoms with Gasteiger partial charge in [0.15, 0.2) is 11.6 Å². The van der Waals surface area contributed by atoms with Crippen LogP contribution in [-0.4, -0.2) is 33.1 Å². The highest BCUT2D eigenvalue weighted by Gasteiger charge is 2.30. The van der Waals surface area contributed by atoms with Crippen molar-refractivity contribution in [2.45, 2.75) is 43.6 Å². The Morgan fingerprint density at radius 2 is 2.14 bits per heavy atom. The van der Waals surface area contributed by atoms with E-state index in [1.165, 1.54) is 12.3 Å². The molecule has 1 aromatic carbocycles. The number of benzene rings is 1. The summed E-state index contributed by atoms with van der Waals surface area (Å²) >= 11 is 0. The van der Waals surface area contributed by atoms with Gasteiger partial charge < -0.3 is 10.1 Å². The molecular formula is C15H22FNO3S. The van der Waals surface area contributed by atoms with Gasteiger partial charge in [0.2, 0.25) is 0 Å². The maximum absolute atomic E-state index is 14.0. The van der Waals surface area contributed by atoms with E-state index in [4.69, 9.17) is 4.74 Å². The summed E-state index contributed by atoms with van der Waals surface area (Å²) < 4.78 is 43.2. The largest absolute Gasteiger partial charge is 0.487 e. The molecular weight excluding hydrogens is 293 g/mol. The highest BCUT2D eigenvalue weighted by Crippen LogP contribution is 2.30. The second-order valence-corrected chi connectivity index (χ2v) is 7.94. The highest BCUT2D eigenvalue weighted by molar-refractivity contribution is 7.91. The zero-order chi connectivity index (χ0) is 15.5. The van der Waals surface area contributed by atoms with Crippen LogP contribution in [-0.2, 0) is 16.4 Å². The van der Waals surface area contributed by atoms with Gasteiger partial charge in [-0.05, 0) is 32.4 Å². The number of hydrogen-bond donors (Lipinski definition) is 1. The average Bonchev–Trinajstić information content (AvgIpc) is 2.42. The molecule has 2 unspecified atom stereocenters. The lowest BCUT2D eigenvalue weighted by Crippen LogP contribution is -2.33. The molecule has 1 fully saturated rings. The molecule has 2 atom stereocenters. The van der Waals surface area contributed by atoms with Crippen LogP contribution in [0.4, 0.5) is 4.39 Å². The quantitative estimate of drug-likeness (QED) is 0.906. The van der Waals surface area contributed by atoms with Gasteiger partial charge >= 0.3 is 0 Å². The van der Waals surface area contributed by atoms with E-state index in [0.29, 0.717) is 19.4 Å². The lowest BCUT2D eigenvalue weighted by atomic mass is 9.97. The third-order valence-corrected chi connectivity index (χ3v) is 5.52. The molecule has 0 aromatic heterocycles. The Labute approximate surface area is 125 Å². The van der Waals surface area contributed by atoms with Crippen molar-refractivity contribution in [3.63, 3.8) is 0 Å². The van der Waals surface area contributed by atoms with Crippen LogP contribution in [0.5, 0.6) is 5.75 Å². The molecule has 118 valence electrons. The molecule has 2 rings (SSSR count). The second kappa shape index (κ2) is 6.75. The summed E-state index contributed by atoms with van der Waals surface area (Å²) in [5.41, 5.74) is 0.749. The fraction of sp³-hybridized carbons (Fsp3) is 0.600. The molecule has 0 aliphatic heterocycles. The van der Waals surface area contributed by atoms with E-state index < -0.39 is 15.7 Å². The van der Waals surface area contributed by atoms with E-state index in [1.54, 1.807) is 13.1 Å². The molecule has 1 N–H and O–H groups in total. The van der Waals surface area contributed by atoms with E-state index in [2.05, 4.69) is 5.32 Å². The van der Waals surface area contributed by atoms with Crippen molar-refractivity contribution in [1.82, 2.24) is 5.32 Å². The van der Waals surface area contributed by atoms with Crippen molar-refractivity contribution in [2.75, 3.05) is 13.3 Å². The van der Waals surface area contributed by atoms with Gasteiger partial charge in [0.25, 0.3) is 0 Å². The van der Waals surface area contributed by atoms with Crippen LogP contribution >= 0.6 is 0 Å². The summed E-state index contributed by atoms with van der Waals surface area (Å²) in [6.07, 6.45) is 3.67. The molecule has 0 radical (unpaired) electrons. The van der Waals surface area contributed by atoms with Crippen molar-refractivity contribution >= 4 is 9.84 Å². The average molecular weight is 315 g/mol. The molecule has 1 aromatic rings. The minimum absolute atomic E-state index is 0.242. The first-order valence-corrected chi connectivity index (χ1v) is 9.14. The van der Waals surface area contributed by atoms with Gasteiger partial charge in [0.05, 0.1) is 5.25 Å². The summed E-state index contributed by atoms with van der Waals surface area (Å²) in [4.78, 5) is 0. The lowest BCUT2D eigenvalue weighted by Gasteiger charge is -2.29. The van der Waals surface area contributed by atoms with E-state index >= 15 is 0 Å². The third kappa shape index (κ3) is 4.17. The SMILES string of the molecule is CNCc1cccc(F)c1OC1CCCC(S(C)(=O)=O)C1.